The maximum absolute atomic E-state index is 12.8. The van der Waals surface area contributed by atoms with Crippen LogP contribution in [0.2, 0.25) is 0 Å². The number of fused-ring (bicyclic) bond motifs is 1. The lowest BCUT2D eigenvalue weighted by atomic mass is 9.83. The first-order chi connectivity index (χ1) is 14.6. The van der Waals surface area contributed by atoms with Crippen LogP contribution < -0.4 is 5.32 Å². The van der Waals surface area contributed by atoms with Gasteiger partial charge in [0, 0.05) is 30.4 Å². The molecule has 2 N–H and O–H groups in total. The number of β-lactam (4-membered cyclic amide) rings is 1. The highest BCUT2D eigenvalue weighted by Gasteiger charge is 2.57. The standard InChI is InChI=1S/C20H21N3O7S/c1-10(24)17-15-8-16(31-12(3)21-11(2)25)18(22(15)19(17)26)20(27)30-9-13-4-6-14(7-5-13)23(28)29/h4-7,10,15,17,24H,3,8-9H2,1-2H3,(H,21,25). The number of non-ortho nitro benzene ring substituents is 1. The number of benzene rings is 1. The summed E-state index contributed by atoms with van der Waals surface area (Å²) >= 11 is 1.06. The lowest BCUT2D eigenvalue weighted by molar-refractivity contribution is -0.384. The molecule has 0 saturated carbocycles. The quantitative estimate of drug-likeness (QED) is 0.266. The van der Waals surface area contributed by atoms with E-state index in [4.69, 9.17) is 4.74 Å². The average Bonchev–Trinajstić information content (AvgIpc) is 2.99. The maximum Gasteiger partial charge on any atom is 0.356 e. The molecule has 164 valence electrons. The number of ether oxygens (including phenoxy) is 1. The molecule has 2 heterocycles. The third-order valence-corrected chi connectivity index (χ3v) is 5.92. The molecule has 1 aromatic rings. The molecular formula is C20H21N3O7S. The number of esters is 1. The molecule has 0 radical (unpaired) electrons. The second kappa shape index (κ2) is 8.90. The first-order valence-corrected chi connectivity index (χ1v) is 10.2. The van der Waals surface area contributed by atoms with Crippen molar-refractivity contribution in [1.82, 2.24) is 10.2 Å². The van der Waals surface area contributed by atoms with E-state index < -0.39 is 22.9 Å². The Morgan fingerprint density at radius 1 is 1.42 bits per heavy atom. The first-order valence-electron chi connectivity index (χ1n) is 9.39. The van der Waals surface area contributed by atoms with E-state index in [9.17, 15) is 29.6 Å². The Labute approximate surface area is 182 Å². The summed E-state index contributed by atoms with van der Waals surface area (Å²) in [5.41, 5.74) is 0.523. The van der Waals surface area contributed by atoms with Crippen LogP contribution in [0.15, 0.2) is 46.5 Å². The molecule has 2 aliphatic heterocycles. The normalized spacial score (nSPS) is 20.6. The zero-order valence-electron chi connectivity index (χ0n) is 16.9. The monoisotopic (exact) mass is 447 g/mol. The minimum absolute atomic E-state index is 0.0605. The Balaban J connectivity index is 1.77. The number of hydrogen-bond donors (Lipinski definition) is 2. The first kappa shape index (κ1) is 22.5. The predicted octanol–water partition coefficient (Wildman–Crippen LogP) is 1.80. The van der Waals surface area contributed by atoms with E-state index in [2.05, 4.69) is 11.9 Å². The smallest absolute Gasteiger partial charge is 0.356 e. The zero-order valence-corrected chi connectivity index (χ0v) is 17.7. The molecular weight excluding hydrogens is 426 g/mol. The van der Waals surface area contributed by atoms with Gasteiger partial charge in [-0.3, -0.25) is 19.7 Å². The number of thioether (sulfide) groups is 1. The summed E-state index contributed by atoms with van der Waals surface area (Å²) in [6, 6.07) is 5.19. The highest BCUT2D eigenvalue weighted by Crippen LogP contribution is 2.48. The number of nitro groups is 1. The van der Waals surface area contributed by atoms with Crippen LogP contribution in [0.3, 0.4) is 0 Å². The zero-order chi connectivity index (χ0) is 22.9. The molecule has 0 aliphatic carbocycles. The molecule has 3 unspecified atom stereocenters. The fourth-order valence-corrected chi connectivity index (χ4v) is 4.64. The van der Waals surface area contributed by atoms with Crippen LogP contribution in [0.5, 0.6) is 0 Å². The van der Waals surface area contributed by atoms with Gasteiger partial charge in [0.05, 0.1) is 28.0 Å². The van der Waals surface area contributed by atoms with E-state index in [0.29, 0.717) is 21.9 Å². The van der Waals surface area contributed by atoms with Crippen LogP contribution in [-0.4, -0.2) is 44.9 Å². The average molecular weight is 447 g/mol. The number of aliphatic hydroxyl groups excluding tert-OH is 1. The van der Waals surface area contributed by atoms with Crippen molar-refractivity contribution in [3.63, 3.8) is 0 Å². The van der Waals surface area contributed by atoms with Crippen LogP contribution in [0.25, 0.3) is 0 Å². The Bertz CT molecular complexity index is 987. The highest BCUT2D eigenvalue weighted by molar-refractivity contribution is 8.06. The molecule has 1 aromatic carbocycles. The molecule has 0 aromatic heterocycles. The maximum atomic E-state index is 12.8. The summed E-state index contributed by atoms with van der Waals surface area (Å²) in [7, 11) is 0. The largest absolute Gasteiger partial charge is 0.456 e. The summed E-state index contributed by atoms with van der Waals surface area (Å²) in [6.45, 7) is 6.46. The Hall–Kier alpha value is -3.18. The Morgan fingerprint density at radius 3 is 2.61 bits per heavy atom. The van der Waals surface area contributed by atoms with Gasteiger partial charge in [0.25, 0.3) is 5.69 Å². The summed E-state index contributed by atoms with van der Waals surface area (Å²) < 4.78 is 5.35. The number of carbonyl (C=O) groups is 3. The van der Waals surface area contributed by atoms with Gasteiger partial charge in [0.2, 0.25) is 11.8 Å². The van der Waals surface area contributed by atoms with Gasteiger partial charge >= 0.3 is 5.97 Å². The van der Waals surface area contributed by atoms with Crippen molar-refractivity contribution in [2.75, 3.05) is 0 Å². The van der Waals surface area contributed by atoms with Gasteiger partial charge < -0.3 is 20.1 Å². The van der Waals surface area contributed by atoms with Gasteiger partial charge in [-0.2, -0.15) is 0 Å². The van der Waals surface area contributed by atoms with E-state index in [1.54, 1.807) is 0 Å². The van der Waals surface area contributed by atoms with Gasteiger partial charge in [-0.25, -0.2) is 4.79 Å². The summed E-state index contributed by atoms with van der Waals surface area (Å²) in [5, 5.41) is 23.5. The number of nitro benzene ring substituents is 1. The summed E-state index contributed by atoms with van der Waals surface area (Å²) in [4.78, 5) is 48.7. The Morgan fingerprint density at radius 2 is 2.06 bits per heavy atom. The lowest BCUT2D eigenvalue weighted by Gasteiger charge is -2.44. The molecule has 2 amide bonds. The second-order valence-corrected chi connectivity index (χ2v) is 8.41. The van der Waals surface area contributed by atoms with Gasteiger partial charge in [0.15, 0.2) is 0 Å². The molecule has 0 bridgehead atoms. The van der Waals surface area contributed by atoms with E-state index in [-0.39, 0.29) is 35.8 Å². The van der Waals surface area contributed by atoms with Crippen molar-refractivity contribution in [2.45, 2.75) is 39.0 Å². The summed E-state index contributed by atoms with van der Waals surface area (Å²) in [6.07, 6.45) is -0.541. The fraction of sp³-hybridized carbons (Fsp3) is 0.350. The number of nitrogens with zero attached hydrogens (tertiary/aromatic N) is 2. The van der Waals surface area contributed by atoms with E-state index >= 15 is 0 Å². The van der Waals surface area contributed by atoms with Gasteiger partial charge in [-0.1, -0.05) is 18.3 Å². The van der Waals surface area contributed by atoms with E-state index in [1.165, 1.54) is 43.0 Å². The van der Waals surface area contributed by atoms with Crippen LogP contribution in [0.4, 0.5) is 5.69 Å². The van der Waals surface area contributed by atoms with Crippen molar-refractivity contribution in [3.8, 4) is 0 Å². The molecule has 2 aliphatic rings. The van der Waals surface area contributed by atoms with E-state index in [0.717, 1.165) is 11.8 Å². The van der Waals surface area contributed by atoms with Crippen LogP contribution in [0.1, 0.15) is 25.8 Å². The Kier molecular flexibility index (Phi) is 6.46. The highest BCUT2D eigenvalue weighted by atomic mass is 32.2. The van der Waals surface area contributed by atoms with Crippen LogP contribution >= 0.6 is 11.8 Å². The molecule has 11 heteroatoms. The number of amides is 2. The van der Waals surface area contributed by atoms with Gasteiger partial charge in [0.1, 0.15) is 12.3 Å². The number of nitrogens with one attached hydrogen (secondary N) is 1. The molecule has 0 spiro atoms. The topological polar surface area (TPSA) is 139 Å². The molecule has 10 nitrogen and oxygen atoms in total. The van der Waals surface area contributed by atoms with Crippen LogP contribution in [-0.2, 0) is 25.7 Å². The van der Waals surface area contributed by atoms with Gasteiger partial charge in [-0.15, -0.1) is 0 Å². The minimum atomic E-state index is -0.867. The number of rotatable bonds is 8. The molecule has 3 rings (SSSR count). The van der Waals surface area contributed by atoms with Crippen LogP contribution in [0, 0.1) is 16.0 Å². The van der Waals surface area contributed by atoms with Crippen molar-refractivity contribution in [1.29, 1.82) is 0 Å². The van der Waals surface area contributed by atoms with Crippen molar-refractivity contribution in [3.05, 3.63) is 62.2 Å². The molecule has 3 atom stereocenters. The van der Waals surface area contributed by atoms with E-state index in [1.807, 2.05) is 0 Å². The molecule has 31 heavy (non-hydrogen) atoms. The van der Waals surface area contributed by atoms with Gasteiger partial charge in [-0.05, 0) is 24.6 Å². The van der Waals surface area contributed by atoms with Crippen molar-refractivity contribution < 1.29 is 29.2 Å². The number of aliphatic hydroxyl groups is 1. The van der Waals surface area contributed by atoms with Crippen molar-refractivity contribution >= 4 is 35.2 Å². The number of carbonyl (C=O) groups excluding carboxylic acids is 3. The lowest BCUT2D eigenvalue weighted by Crippen LogP contribution is -2.61. The third-order valence-electron chi connectivity index (χ3n) is 4.96. The molecule has 1 fully saturated rings. The second-order valence-electron chi connectivity index (χ2n) is 7.22. The van der Waals surface area contributed by atoms with Crippen molar-refractivity contribution in [2.24, 2.45) is 5.92 Å². The minimum Gasteiger partial charge on any atom is -0.456 e. The number of hydrogen-bond acceptors (Lipinski definition) is 8. The SMILES string of the molecule is C=C(NC(C)=O)SC1=C(C(=O)OCc2ccc([N+](=O)[O-])cc2)N2C(=O)C(C(C)O)C2C1. The fourth-order valence-electron chi connectivity index (χ4n) is 3.61. The molecule has 1 saturated heterocycles. The third kappa shape index (κ3) is 4.62. The predicted molar refractivity (Wildman–Crippen MR) is 111 cm³/mol. The summed E-state index contributed by atoms with van der Waals surface area (Å²) in [5.74, 6) is -2.05.